The van der Waals surface area contributed by atoms with Crippen LogP contribution < -0.4 is 9.47 Å². The number of hydrogen-bond acceptors (Lipinski definition) is 5. The maximum Gasteiger partial charge on any atom is 0.338 e. The summed E-state index contributed by atoms with van der Waals surface area (Å²) in [6.45, 7) is 0.970. The van der Waals surface area contributed by atoms with E-state index in [2.05, 4.69) is 0 Å². The summed E-state index contributed by atoms with van der Waals surface area (Å²) in [5.74, 6) is 0.571. The second-order valence-corrected chi connectivity index (χ2v) is 5.13. The second kappa shape index (κ2) is 7.00. The number of benzene rings is 2. The van der Waals surface area contributed by atoms with E-state index in [1.807, 2.05) is 0 Å². The molecule has 1 aliphatic heterocycles. The maximum absolute atomic E-state index is 12.4. The molecule has 1 aliphatic rings. The molecule has 2 aromatic carbocycles. The minimum Gasteiger partial charge on any atom is -0.486 e. The third-order valence-electron chi connectivity index (χ3n) is 3.61. The minimum absolute atomic E-state index is 0.188. The highest BCUT2D eigenvalue weighted by molar-refractivity contribution is 6.08. The fourth-order valence-corrected chi connectivity index (χ4v) is 2.40. The molecule has 0 fully saturated rings. The number of rotatable bonds is 4. The van der Waals surface area contributed by atoms with Crippen LogP contribution in [0.25, 0.3) is 6.08 Å². The van der Waals surface area contributed by atoms with Crippen LogP contribution in [-0.2, 0) is 4.74 Å². The molecule has 122 valence electrons. The fraction of sp³-hybridized carbons (Fsp3) is 0.158. The topological polar surface area (TPSA) is 61.8 Å². The summed E-state index contributed by atoms with van der Waals surface area (Å²) in [5.41, 5.74) is 1.52. The lowest BCUT2D eigenvalue weighted by Crippen LogP contribution is -2.15. The average molecular weight is 324 g/mol. The van der Waals surface area contributed by atoms with Gasteiger partial charge in [-0.1, -0.05) is 24.3 Å². The monoisotopic (exact) mass is 324 g/mol. The van der Waals surface area contributed by atoms with E-state index >= 15 is 0 Å². The Morgan fingerprint density at radius 1 is 1.04 bits per heavy atom. The van der Waals surface area contributed by atoms with Crippen molar-refractivity contribution in [3.8, 4) is 11.5 Å². The molecule has 5 nitrogen and oxygen atoms in total. The number of carbonyl (C=O) groups is 2. The van der Waals surface area contributed by atoms with Crippen molar-refractivity contribution in [1.29, 1.82) is 0 Å². The molecule has 0 aromatic heterocycles. The summed E-state index contributed by atoms with van der Waals surface area (Å²) in [6, 6.07) is 12.0. The van der Waals surface area contributed by atoms with Gasteiger partial charge < -0.3 is 14.2 Å². The van der Waals surface area contributed by atoms with E-state index < -0.39 is 5.97 Å². The van der Waals surface area contributed by atoms with Crippen LogP contribution in [0.1, 0.15) is 26.3 Å². The van der Waals surface area contributed by atoms with Gasteiger partial charge in [0.25, 0.3) is 0 Å². The van der Waals surface area contributed by atoms with Crippen molar-refractivity contribution < 1.29 is 23.8 Å². The Labute approximate surface area is 139 Å². The van der Waals surface area contributed by atoms with Gasteiger partial charge in [-0.25, -0.2) is 4.79 Å². The molecule has 0 N–H and O–H groups in total. The van der Waals surface area contributed by atoms with Gasteiger partial charge in [-0.05, 0) is 35.9 Å². The van der Waals surface area contributed by atoms with E-state index in [9.17, 15) is 9.59 Å². The zero-order valence-corrected chi connectivity index (χ0v) is 13.2. The third kappa shape index (κ3) is 3.30. The summed E-state index contributed by atoms with van der Waals surface area (Å²) in [6.07, 6.45) is 3.03. The predicted molar refractivity (Wildman–Crippen MR) is 88.6 cm³/mol. The van der Waals surface area contributed by atoms with Gasteiger partial charge in [-0.2, -0.15) is 0 Å². The van der Waals surface area contributed by atoms with Crippen LogP contribution in [0.3, 0.4) is 0 Å². The highest BCUT2D eigenvalue weighted by Gasteiger charge is 2.14. The summed E-state index contributed by atoms with van der Waals surface area (Å²) in [4.78, 5) is 24.1. The molecule has 0 unspecified atom stereocenters. The van der Waals surface area contributed by atoms with E-state index in [-0.39, 0.29) is 5.78 Å². The minimum atomic E-state index is -0.443. The molecule has 1 heterocycles. The van der Waals surface area contributed by atoms with E-state index in [0.717, 1.165) is 0 Å². The fourth-order valence-electron chi connectivity index (χ4n) is 2.40. The first-order valence-corrected chi connectivity index (χ1v) is 7.48. The van der Waals surface area contributed by atoms with Gasteiger partial charge in [0.1, 0.15) is 13.2 Å². The molecule has 5 heteroatoms. The lowest BCUT2D eigenvalue weighted by Gasteiger charge is -2.18. The Bertz CT molecular complexity index is 807. The average Bonchev–Trinajstić information content (AvgIpc) is 2.65. The number of esters is 1. The Balaban J connectivity index is 1.82. The van der Waals surface area contributed by atoms with Crippen molar-refractivity contribution in [3.63, 3.8) is 0 Å². The zero-order chi connectivity index (χ0) is 16.9. The molecular weight excluding hydrogens is 308 g/mol. The van der Waals surface area contributed by atoms with Gasteiger partial charge >= 0.3 is 5.97 Å². The van der Waals surface area contributed by atoms with Gasteiger partial charge in [-0.15, -0.1) is 0 Å². The molecule has 0 spiro atoms. The largest absolute Gasteiger partial charge is 0.486 e. The van der Waals surface area contributed by atoms with Crippen molar-refractivity contribution in [2.24, 2.45) is 0 Å². The molecule has 24 heavy (non-hydrogen) atoms. The van der Waals surface area contributed by atoms with Crippen molar-refractivity contribution in [3.05, 3.63) is 65.2 Å². The number of carbonyl (C=O) groups excluding carboxylic acids is 2. The Morgan fingerprint density at radius 2 is 1.79 bits per heavy atom. The summed E-state index contributed by atoms with van der Waals surface area (Å²) >= 11 is 0. The number of ether oxygens (including phenoxy) is 3. The number of fused-ring (bicyclic) bond motifs is 1. The molecule has 0 saturated carbocycles. The van der Waals surface area contributed by atoms with Crippen LogP contribution in [0.4, 0.5) is 0 Å². The van der Waals surface area contributed by atoms with E-state index in [1.54, 1.807) is 48.5 Å². The maximum atomic E-state index is 12.4. The van der Waals surface area contributed by atoms with Crippen molar-refractivity contribution in [2.45, 2.75) is 0 Å². The number of methoxy groups -OCH3 is 1. The lowest BCUT2D eigenvalue weighted by atomic mass is 10.0. The molecule has 0 saturated heterocycles. The van der Waals surface area contributed by atoms with E-state index in [0.29, 0.717) is 41.4 Å². The molecule has 0 atom stereocenters. The molecular formula is C19H16O5. The molecule has 2 aromatic rings. The third-order valence-corrected chi connectivity index (χ3v) is 3.61. The van der Waals surface area contributed by atoms with Crippen LogP contribution in [0.5, 0.6) is 11.5 Å². The van der Waals surface area contributed by atoms with Gasteiger partial charge in [0.05, 0.1) is 12.7 Å². The number of ketones is 1. The Hall–Kier alpha value is -3.08. The lowest BCUT2D eigenvalue weighted by molar-refractivity contribution is 0.0600. The van der Waals surface area contributed by atoms with Crippen molar-refractivity contribution in [2.75, 3.05) is 20.3 Å². The highest BCUT2D eigenvalue weighted by Crippen LogP contribution is 2.31. The quantitative estimate of drug-likeness (QED) is 0.491. The van der Waals surface area contributed by atoms with Crippen LogP contribution in [-0.4, -0.2) is 32.1 Å². The first-order valence-electron chi connectivity index (χ1n) is 7.48. The van der Waals surface area contributed by atoms with Crippen LogP contribution >= 0.6 is 0 Å². The number of hydrogen-bond donors (Lipinski definition) is 0. The zero-order valence-electron chi connectivity index (χ0n) is 13.2. The van der Waals surface area contributed by atoms with Crippen LogP contribution in [0, 0.1) is 0 Å². The van der Waals surface area contributed by atoms with Gasteiger partial charge in [0, 0.05) is 5.56 Å². The predicted octanol–water partition coefficient (Wildman–Crippen LogP) is 3.14. The van der Waals surface area contributed by atoms with Crippen molar-refractivity contribution >= 4 is 17.8 Å². The van der Waals surface area contributed by atoms with E-state index in [1.165, 1.54) is 13.2 Å². The standard InChI is InChI=1S/C19H16O5/c1-22-19(21)15-5-3-2-4-13(15)6-8-16(20)14-7-9-17-18(12-14)24-11-10-23-17/h2-9,12H,10-11H2,1H3/b8-6+. The summed E-state index contributed by atoms with van der Waals surface area (Å²) in [7, 11) is 1.32. The van der Waals surface area contributed by atoms with Crippen molar-refractivity contribution in [1.82, 2.24) is 0 Å². The smallest absolute Gasteiger partial charge is 0.338 e. The summed E-state index contributed by atoms with van der Waals surface area (Å²) in [5, 5.41) is 0. The van der Waals surface area contributed by atoms with Gasteiger partial charge in [-0.3, -0.25) is 4.79 Å². The Morgan fingerprint density at radius 3 is 2.58 bits per heavy atom. The second-order valence-electron chi connectivity index (χ2n) is 5.13. The van der Waals surface area contributed by atoms with E-state index in [4.69, 9.17) is 14.2 Å². The van der Waals surface area contributed by atoms with Crippen LogP contribution in [0.2, 0.25) is 0 Å². The molecule has 0 aliphatic carbocycles. The molecule has 0 bridgehead atoms. The molecule has 0 radical (unpaired) electrons. The molecule has 3 rings (SSSR count). The van der Waals surface area contributed by atoms with Gasteiger partial charge in [0.15, 0.2) is 17.3 Å². The van der Waals surface area contributed by atoms with Crippen LogP contribution in [0.15, 0.2) is 48.5 Å². The Kier molecular flexibility index (Phi) is 4.61. The SMILES string of the molecule is COC(=O)c1ccccc1/C=C/C(=O)c1ccc2c(c1)OCCO2. The highest BCUT2D eigenvalue weighted by atomic mass is 16.6. The summed E-state index contributed by atoms with van der Waals surface area (Å²) < 4.78 is 15.7. The molecule has 0 amide bonds. The first-order chi connectivity index (χ1) is 11.7. The number of allylic oxidation sites excluding steroid dienone is 1. The van der Waals surface area contributed by atoms with Gasteiger partial charge in [0.2, 0.25) is 0 Å². The normalized spacial score (nSPS) is 12.9. The first kappa shape index (κ1) is 15.8.